The second-order valence-electron chi connectivity index (χ2n) is 4.72. The lowest BCUT2D eigenvalue weighted by Crippen LogP contribution is -2.54. The van der Waals surface area contributed by atoms with Gasteiger partial charge < -0.3 is 20.1 Å². The molecule has 0 aromatic carbocycles. The monoisotopic (exact) mass is 279 g/mol. The van der Waals surface area contributed by atoms with Gasteiger partial charge in [0.1, 0.15) is 11.9 Å². The highest BCUT2D eigenvalue weighted by molar-refractivity contribution is 5.85. The van der Waals surface area contributed by atoms with Crippen molar-refractivity contribution >= 4 is 11.7 Å². The Morgan fingerprint density at radius 3 is 3.25 bits per heavy atom. The maximum Gasteiger partial charge on any atom is 0.245 e. The van der Waals surface area contributed by atoms with Gasteiger partial charge in [0.05, 0.1) is 19.8 Å². The van der Waals surface area contributed by atoms with Crippen molar-refractivity contribution in [3.8, 4) is 0 Å². The molecule has 2 N–H and O–H groups in total. The Bertz CT molecular complexity index is 453. The summed E-state index contributed by atoms with van der Waals surface area (Å²) in [5, 5.41) is 12.3. The summed E-state index contributed by atoms with van der Waals surface area (Å²) in [6, 6.07) is 3.20. The van der Waals surface area contributed by atoms with Gasteiger partial charge in [-0.3, -0.25) is 4.79 Å². The van der Waals surface area contributed by atoms with Gasteiger partial charge in [-0.25, -0.2) is 4.98 Å². The van der Waals surface area contributed by atoms with Crippen molar-refractivity contribution in [2.24, 2.45) is 0 Å². The minimum Gasteiger partial charge on any atom is -0.392 e. The van der Waals surface area contributed by atoms with Crippen LogP contribution in [0, 0.1) is 0 Å². The molecule has 2 rings (SSSR count). The minimum atomic E-state index is -0.393. The molecule has 1 aliphatic heterocycles. The normalized spacial score (nSPS) is 18.9. The number of hydrogen-bond acceptors (Lipinski definition) is 5. The van der Waals surface area contributed by atoms with Crippen LogP contribution in [0.25, 0.3) is 0 Å². The molecule has 1 atom stereocenters. The summed E-state index contributed by atoms with van der Waals surface area (Å²) in [6.45, 7) is 4.06. The van der Waals surface area contributed by atoms with Crippen molar-refractivity contribution in [3.05, 3.63) is 23.9 Å². The summed E-state index contributed by atoms with van der Waals surface area (Å²) in [5.74, 6) is 0.607. The summed E-state index contributed by atoms with van der Waals surface area (Å²) >= 11 is 0. The van der Waals surface area contributed by atoms with Crippen molar-refractivity contribution in [1.82, 2.24) is 10.3 Å². The highest BCUT2D eigenvalue weighted by Gasteiger charge is 2.31. The number of nitrogens with zero attached hydrogens (tertiary/aromatic N) is 2. The molecule has 1 unspecified atom stereocenters. The average Bonchev–Trinajstić information content (AvgIpc) is 2.52. The first-order valence-electron chi connectivity index (χ1n) is 6.94. The van der Waals surface area contributed by atoms with Crippen LogP contribution in [0.3, 0.4) is 0 Å². The summed E-state index contributed by atoms with van der Waals surface area (Å²) < 4.78 is 5.42. The van der Waals surface area contributed by atoms with Crippen LogP contribution in [0.5, 0.6) is 0 Å². The molecule has 6 nitrogen and oxygen atoms in total. The van der Waals surface area contributed by atoms with E-state index in [1.165, 1.54) is 0 Å². The summed E-state index contributed by atoms with van der Waals surface area (Å²) in [5.41, 5.74) is 0.725. The SMILES string of the molecule is CCCNC(=O)C1COCCN1c1ncccc1CO. The highest BCUT2D eigenvalue weighted by Crippen LogP contribution is 2.21. The number of hydrogen-bond donors (Lipinski definition) is 2. The van der Waals surface area contributed by atoms with Gasteiger partial charge in [0.25, 0.3) is 0 Å². The number of aliphatic hydroxyl groups is 1. The van der Waals surface area contributed by atoms with E-state index in [-0.39, 0.29) is 12.5 Å². The highest BCUT2D eigenvalue weighted by atomic mass is 16.5. The molecule has 0 spiro atoms. The number of aromatic nitrogens is 1. The number of aliphatic hydroxyl groups excluding tert-OH is 1. The topological polar surface area (TPSA) is 74.7 Å². The molecule has 110 valence electrons. The van der Waals surface area contributed by atoms with E-state index in [4.69, 9.17) is 4.74 Å². The lowest BCUT2D eigenvalue weighted by Gasteiger charge is -2.36. The van der Waals surface area contributed by atoms with Gasteiger partial charge >= 0.3 is 0 Å². The standard InChI is InChI=1S/C14H21N3O3/c1-2-5-16-14(19)12-10-20-8-7-17(12)13-11(9-18)4-3-6-15-13/h3-4,6,12,18H,2,5,7-10H2,1H3,(H,16,19). The maximum atomic E-state index is 12.2. The third-order valence-electron chi connectivity index (χ3n) is 3.29. The zero-order valence-electron chi connectivity index (χ0n) is 11.7. The van der Waals surface area contributed by atoms with Crippen molar-refractivity contribution in [3.63, 3.8) is 0 Å². The molecule has 0 aliphatic carbocycles. The van der Waals surface area contributed by atoms with Crippen LogP contribution in [0.4, 0.5) is 5.82 Å². The Morgan fingerprint density at radius 1 is 1.65 bits per heavy atom. The third-order valence-corrected chi connectivity index (χ3v) is 3.29. The second-order valence-corrected chi connectivity index (χ2v) is 4.72. The lowest BCUT2D eigenvalue weighted by atomic mass is 10.1. The van der Waals surface area contributed by atoms with Crippen LogP contribution >= 0.6 is 0 Å². The van der Waals surface area contributed by atoms with Gasteiger partial charge in [0.2, 0.25) is 5.91 Å². The molecule has 20 heavy (non-hydrogen) atoms. The lowest BCUT2D eigenvalue weighted by molar-refractivity contribution is -0.124. The molecule has 0 bridgehead atoms. The fourth-order valence-electron chi connectivity index (χ4n) is 2.25. The predicted octanol–water partition coefficient (Wildman–Crippen LogP) is 0.305. The van der Waals surface area contributed by atoms with Crippen LogP contribution in [0.15, 0.2) is 18.3 Å². The van der Waals surface area contributed by atoms with Crippen LogP contribution in [-0.4, -0.2) is 48.3 Å². The first-order valence-corrected chi connectivity index (χ1v) is 6.94. The van der Waals surface area contributed by atoms with Gasteiger partial charge in [-0.15, -0.1) is 0 Å². The quantitative estimate of drug-likeness (QED) is 0.811. The molecule has 2 heterocycles. The van der Waals surface area contributed by atoms with E-state index >= 15 is 0 Å². The van der Waals surface area contributed by atoms with Crippen LogP contribution in [0.1, 0.15) is 18.9 Å². The van der Waals surface area contributed by atoms with Crippen molar-refractivity contribution in [2.45, 2.75) is 26.0 Å². The van der Waals surface area contributed by atoms with E-state index in [0.29, 0.717) is 32.1 Å². The first-order chi connectivity index (χ1) is 9.77. The fourth-order valence-corrected chi connectivity index (χ4v) is 2.25. The molecular weight excluding hydrogens is 258 g/mol. The molecule has 1 saturated heterocycles. The summed E-state index contributed by atoms with van der Waals surface area (Å²) in [6.07, 6.45) is 2.57. The van der Waals surface area contributed by atoms with Crippen molar-refractivity contribution in [1.29, 1.82) is 0 Å². The number of pyridine rings is 1. The van der Waals surface area contributed by atoms with Crippen LogP contribution < -0.4 is 10.2 Å². The molecule has 0 saturated carbocycles. The predicted molar refractivity (Wildman–Crippen MR) is 75.4 cm³/mol. The number of carbonyl (C=O) groups is 1. The van der Waals surface area contributed by atoms with Gasteiger partial charge in [0.15, 0.2) is 0 Å². The zero-order valence-corrected chi connectivity index (χ0v) is 11.7. The molecule has 1 aromatic heterocycles. The average molecular weight is 279 g/mol. The Kier molecular flexibility index (Phi) is 5.31. The largest absolute Gasteiger partial charge is 0.392 e. The van der Waals surface area contributed by atoms with Crippen LogP contribution in [-0.2, 0) is 16.1 Å². The van der Waals surface area contributed by atoms with E-state index in [1.54, 1.807) is 12.3 Å². The number of morpholine rings is 1. The smallest absolute Gasteiger partial charge is 0.245 e. The third kappa shape index (κ3) is 3.26. The van der Waals surface area contributed by atoms with Gasteiger partial charge in [-0.05, 0) is 12.5 Å². The number of rotatable bonds is 5. The molecule has 6 heteroatoms. The minimum absolute atomic E-state index is 0.0545. The molecule has 1 aromatic rings. The Labute approximate surface area is 118 Å². The van der Waals surface area contributed by atoms with Gasteiger partial charge in [-0.2, -0.15) is 0 Å². The number of anilines is 1. The molecule has 1 amide bonds. The zero-order chi connectivity index (χ0) is 14.4. The Hall–Kier alpha value is -1.66. The van der Waals surface area contributed by atoms with Crippen molar-refractivity contribution in [2.75, 3.05) is 31.2 Å². The summed E-state index contributed by atoms with van der Waals surface area (Å²) in [7, 11) is 0. The van der Waals surface area contributed by atoms with Gasteiger partial charge in [0, 0.05) is 24.8 Å². The molecule has 0 radical (unpaired) electrons. The molecule has 1 aliphatic rings. The van der Waals surface area contributed by atoms with Gasteiger partial charge in [-0.1, -0.05) is 13.0 Å². The second kappa shape index (κ2) is 7.21. The van der Waals surface area contributed by atoms with Crippen LogP contribution in [0.2, 0.25) is 0 Å². The molecular formula is C14H21N3O3. The van der Waals surface area contributed by atoms with E-state index in [2.05, 4.69) is 10.3 Å². The summed E-state index contributed by atoms with van der Waals surface area (Å²) in [4.78, 5) is 18.5. The van der Waals surface area contributed by atoms with E-state index in [0.717, 1.165) is 12.0 Å². The first kappa shape index (κ1) is 14.7. The van der Waals surface area contributed by atoms with E-state index in [1.807, 2.05) is 17.9 Å². The number of amides is 1. The maximum absolute atomic E-state index is 12.2. The van der Waals surface area contributed by atoms with E-state index < -0.39 is 6.04 Å². The number of carbonyl (C=O) groups excluding carboxylic acids is 1. The van der Waals surface area contributed by atoms with E-state index in [9.17, 15) is 9.90 Å². The number of nitrogens with one attached hydrogen (secondary N) is 1. The van der Waals surface area contributed by atoms with Crippen molar-refractivity contribution < 1.29 is 14.6 Å². The fraction of sp³-hybridized carbons (Fsp3) is 0.571. The number of ether oxygens (including phenoxy) is 1. The Morgan fingerprint density at radius 2 is 2.50 bits per heavy atom. The Balaban J connectivity index is 2.20. The molecule has 1 fully saturated rings.